The molecule has 0 atom stereocenters. The van der Waals surface area contributed by atoms with Crippen LogP contribution in [0.3, 0.4) is 0 Å². The molecule has 0 aliphatic carbocycles. The maximum Gasteiger partial charge on any atom is 0.324 e. The molecule has 2 aromatic rings. The Morgan fingerprint density at radius 1 is 1.12 bits per heavy atom. The van der Waals surface area contributed by atoms with Crippen LogP contribution in [0.5, 0.6) is 0 Å². The van der Waals surface area contributed by atoms with Crippen LogP contribution in [0, 0.1) is 10.1 Å². The second kappa shape index (κ2) is 9.16. The summed E-state index contributed by atoms with van der Waals surface area (Å²) in [4.78, 5) is 46.1. The summed E-state index contributed by atoms with van der Waals surface area (Å²) >= 11 is 0. The first-order chi connectivity index (χ1) is 14.7. The van der Waals surface area contributed by atoms with Gasteiger partial charge >= 0.3 is 12.1 Å². The molecule has 0 radical (unpaired) electrons. The van der Waals surface area contributed by atoms with Gasteiger partial charge < -0.3 is 10.6 Å². The molecular weight excluding hydrogens is 414 g/mol. The van der Waals surface area contributed by atoms with Crippen molar-refractivity contribution in [3.63, 3.8) is 0 Å². The van der Waals surface area contributed by atoms with Gasteiger partial charge in [-0.15, -0.1) is 6.58 Å². The number of rotatable bonds is 5. The van der Waals surface area contributed by atoms with Crippen molar-refractivity contribution in [2.75, 3.05) is 16.8 Å². The Balaban J connectivity index is 2.62. The molecule has 4 amide bonds. The van der Waals surface area contributed by atoms with Crippen molar-refractivity contribution in [1.29, 1.82) is 0 Å². The zero-order valence-electron chi connectivity index (χ0n) is 19.1. The number of nitrogens with zero attached hydrogens (tertiary/aromatic N) is 4. The Morgan fingerprint density at radius 3 is 2.28 bits per heavy atom. The summed E-state index contributed by atoms with van der Waals surface area (Å²) in [6, 6.07) is 3.01. The van der Waals surface area contributed by atoms with E-state index in [2.05, 4.69) is 32.5 Å². The molecule has 0 spiro atoms. The molecule has 172 valence electrons. The van der Waals surface area contributed by atoms with E-state index >= 15 is 0 Å². The average Bonchev–Trinajstić information content (AvgIpc) is 2.62. The van der Waals surface area contributed by atoms with Gasteiger partial charge in [-0.3, -0.25) is 20.3 Å². The molecule has 0 unspecified atom stereocenters. The summed E-state index contributed by atoms with van der Waals surface area (Å²) in [5, 5.41) is 19.7. The number of nitrogens with one attached hydrogen (secondary N) is 3. The SMILES string of the molecule is C=CCN(C(=O)NC(C)(C)C)c1nc(NC(=O)NC(C)(C)C)c2cc([N+](=O)[O-])ccc2n1. The number of carbonyl (C=O) groups excluding carboxylic acids is 2. The van der Waals surface area contributed by atoms with E-state index in [4.69, 9.17) is 0 Å². The third kappa shape index (κ3) is 6.62. The molecule has 11 nitrogen and oxygen atoms in total. The highest BCUT2D eigenvalue weighted by atomic mass is 16.6. The highest BCUT2D eigenvalue weighted by molar-refractivity contribution is 6.01. The smallest absolute Gasteiger partial charge is 0.324 e. The Bertz CT molecular complexity index is 1050. The lowest BCUT2D eigenvalue weighted by Gasteiger charge is -2.27. The van der Waals surface area contributed by atoms with Gasteiger partial charge in [0.25, 0.3) is 5.69 Å². The maximum atomic E-state index is 12.8. The normalized spacial score (nSPS) is 11.6. The van der Waals surface area contributed by atoms with Crippen molar-refractivity contribution in [2.24, 2.45) is 0 Å². The molecule has 0 saturated heterocycles. The highest BCUT2D eigenvalue weighted by Gasteiger charge is 2.25. The van der Waals surface area contributed by atoms with Crippen LogP contribution in [0.15, 0.2) is 30.9 Å². The molecule has 0 saturated carbocycles. The number of nitro benzene ring substituents is 1. The molecule has 0 aliphatic heterocycles. The molecule has 0 aliphatic rings. The standard InChI is InChI=1S/C21H29N7O4/c1-8-11-27(19(30)26-21(5,6)7)17-22-15-10-9-13(28(31)32)12-14(15)16(23-17)24-18(29)25-20(2,3)4/h8-10,12H,1,11H2,2-7H3,(H,26,30)(H2,22,23,24,25,29). The summed E-state index contributed by atoms with van der Waals surface area (Å²) in [7, 11) is 0. The second-order valence-corrected chi connectivity index (χ2v) is 9.24. The molecule has 0 bridgehead atoms. The summed E-state index contributed by atoms with van der Waals surface area (Å²) < 4.78 is 0. The fraction of sp³-hybridized carbons (Fsp3) is 0.429. The number of nitro groups is 1. The largest absolute Gasteiger partial charge is 0.333 e. The van der Waals surface area contributed by atoms with E-state index in [1.54, 1.807) is 0 Å². The van der Waals surface area contributed by atoms with E-state index in [1.807, 2.05) is 41.5 Å². The molecule has 3 N–H and O–H groups in total. The van der Waals surface area contributed by atoms with Crippen LogP contribution in [0.25, 0.3) is 10.9 Å². The number of hydrogen-bond acceptors (Lipinski definition) is 6. The lowest BCUT2D eigenvalue weighted by molar-refractivity contribution is -0.384. The van der Waals surface area contributed by atoms with Crippen LogP contribution in [-0.4, -0.2) is 44.6 Å². The lowest BCUT2D eigenvalue weighted by Crippen LogP contribution is -2.49. The first-order valence-corrected chi connectivity index (χ1v) is 9.96. The van der Waals surface area contributed by atoms with Crippen LogP contribution >= 0.6 is 0 Å². The number of hydrogen-bond donors (Lipinski definition) is 3. The van der Waals surface area contributed by atoms with Crippen molar-refractivity contribution in [3.05, 3.63) is 41.0 Å². The quantitative estimate of drug-likeness (QED) is 0.363. The van der Waals surface area contributed by atoms with Crippen LogP contribution in [-0.2, 0) is 0 Å². The van der Waals surface area contributed by atoms with Crippen molar-refractivity contribution < 1.29 is 14.5 Å². The van der Waals surface area contributed by atoms with Crippen LogP contribution in [0.4, 0.5) is 27.0 Å². The molecular formula is C21H29N7O4. The number of aromatic nitrogens is 2. The third-order valence-electron chi connectivity index (χ3n) is 3.88. The Morgan fingerprint density at radius 2 is 1.75 bits per heavy atom. The van der Waals surface area contributed by atoms with E-state index < -0.39 is 28.1 Å². The zero-order chi connectivity index (χ0) is 24.3. The molecule has 1 aromatic carbocycles. The van der Waals surface area contributed by atoms with Gasteiger partial charge in [0.15, 0.2) is 0 Å². The third-order valence-corrected chi connectivity index (χ3v) is 3.88. The number of non-ortho nitro benzene ring substituents is 1. The molecule has 2 rings (SSSR count). The number of urea groups is 2. The molecule has 0 fully saturated rings. The predicted octanol–water partition coefficient (Wildman–Crippen LogP) is 3.96. The van der Waals surface area contributed by atoms with E-state index in [1.165, 1.54) is 29.2 Å². The Hall–Kier alpha value is -3.76. The van der Waals surface area contributed by atoms with Gasteiger partial charge in [0, 0.05) is 29.8 Å². The predicted molar refractivity (Wildman–Crippen MR) is 124 cm³/mol. The second-order valence-electron chi connectivity index (χ2n) is 9.24. The number of carbonyl (C=O) groups is 2. The van der Waals surface area contributed by atoms with Gasteiger partial charge in [0.2, 0.25) is 5.95 Å². The lowest BCUT2D eigenvalue weighted by atomic mass is 10.1. The van der Waals surface area contributed by atoms with Crippen molar-refractivity contribution in [3.8, 4) is 0 Å². The summed E-state index contributed by atoms with van der Waals surface area (Å²) in [6.45, 7) is 14.7. The summed E-state index contributed by atoms with van der Waals surface area (Å²) in [6.07, 6.45) is 1.52. The highest BCUT2D eigenvalue weighted by Crippen LogP contribution is 2.28. The van der Waals surface area contributed by atoms with Crippen molar-refractivity contribution in [1.82, 2.24) is 20.6 Å². The summed E-state index contributed by atoms with van der Waals surface area (Å²) in [5.41, 5.74) is -0.893. The van der Waals surface area contributed by atoms with Gasteiger partial charge in [0.05, 0.1) is 15.8 Å². The minimum Gasteiger partial charge on any atom is -0.333 e. The Labute approximate surface area is 186 Å². The molecule has 11 heteroatoms. The molecule has 32 heavy (non-hydrogen) atoms. The minimum atomic E-state index is -0.552. The van der Waals surface area contributed by atoms with Gasteiger partial charge in [-0.25, -0.2) is 14.6 Å². The Kier molecular flexibility index (Phi) is 7.02. The summed E-state index contributed by atoms with van der Waals surface area (Å²) in [5.74, 6) is 0.0483. The van der Waals surface area contributed by atoms with Gasteiger partial charge in [-0.1, -0.05) is 6.08 Å². The van der Waals surface area contributed by atoms with E-state index in [0.29, 0.717) is 5.52 Å². The van der Waals surface area contributed by atoms with Crippen LogP contribution in [0.2, 0.25) is 0 Å². The number of fused-ring (bicyclic) bond motifs is 1. The molecule has 1 aromatic heterocycles. The monoisotopic (exact) mass is 443 g/mol. The topological polar surface area (TPSA) is 142 Å². The number of anilines is 2. The number of amides is 4. The van der Waals surface area contributed by atoms with Crippen molar-refractivity contribution >= 4 is 40.4 Å². The first kappa shape index (κ1) is 24.5. The van der Waals surface area contributed by atoms with Crippen molar-refractivity contribution in [2.45, 2.75) is 52.6 Å². The van der Waals surface area contributed by atoms with Crippen LogP contribution < -0.4 is 20.9 Å². The van der Waals surface area contributed by atoms with Gasteiger partial charge in [0.1, 0.15) is 5.82 Å². The zero-order valence-corrected chi connectivity index (χ0v) is 19.1. The fourth-order valence-corrected chi connectivity index (χ4v) is 2.69. The van der Waals surface area contributed by atoms with E-state index in [9.17, 15) is 19.7 Å². The van der Waals surface area contributed by atoms with Gasteiger partial charge in [-0.2, -0.15) is 4.98 Å². The molecule has 1 heterocycles. The van der Waals surface area contributed by atoms with E-state index in [0.717, 1.165) is 0 Å². The average molecular weight is 444 g/mol. The fourth-order valence-electron chi connectivity index (χ4n) is 2.69. The first-order valence-electron chi connectivity index (χ1n) is 9.96. The minimum absolute atomic E-state index is 0.0130. The van der Waals surface area contributed by atoms with Gasteiger partial charge in [-0.05, 0) is 47.6 Å². The van der Waals surface area contributed by atoms with Crippen LogP contribution in [0.1, 0.15) is 41.5 Å². The van der Waals surface area contributed by atoms with E-state index in [-0.39, 0.29) is 29.4 Å². The maximum absolute atomic E-state index is 12.8. The number of benzene rings is 1.